The minimum Gasteiger partial charge on any atom is -0.0990 e. The third kappa shape index (κ3) is 5.75. The molecule has 0 heterocycles. The second-order valence-electron chi connectivity index (χ2n) is 13.6. The van der Waals surface area contributed by atoms with E-state index in [0.717, 1.165) is 5.57 Å². The summed E-state index contributed by atoms with van der Waals surface area (Å²) in [6, 6.07) is 64.6. The summed E-state index contributed by atoms with van der Waals surface area (Å²) in [6.07, 6.45) is 8.23. The molecule has 0 aromatic heterocycles. The van der Waals surface area contributed by atoms with Gasteiger partial charge >= 0.3 is 0 Å². The molecule has 53 heavy (non-hydrogen) atoms. The molecule has 0 saturated carbocycles. The van der Waals surface area contributed by atoms with E-state index >= 15 is 0 Å². The van der Waals surface area contributed by atoms with Crippen LogP contribution >= 0.6 is 0 Å². The maximum atomic E-state index is 4.01. The first-order valence-electron chi connectivity index (χ1n) is 18.3. The van der Waals surface area contributed by atoms with Gasteiger partial charge in [0.15, 0.2) is 0 Å². The van der Waals surface area contributed by atoms with Crippen LogP contribution in [-0.2, 0) is 0 Å². The molecule has 0 heteroatoms. The van der Waals surface area contributed by atoms with Gasteiger partial charge in [0.1, 0.15) is 0 Å². The van der Waals surface area contributed by atoms with E-state index in [2.05, 4.69) is 208 Å². The third-order valence-corrected chi connectivity index (χ3v) is 10.5. The molecule has 0 N–H and O–H groups in total. The van der Waals surface area contributed by atoms with Crippen LogP contribution in [-0.4, -0.2) is 0 Å². The van der Waals surface area contributed by atoms with E-state index in [9.17, 15) is 0 Å². The quantitative estimate of drug-likeness (QED) is 0.117. The Morgan fingerprint density at radius 2 is 0.887 bits per heavy atom. The van der Waals surface area contributed by atoms with Crippen molar-refractivity contribution in [3.8, 4) is 44.5 Å². The molecule has 0 fully saturated rings. The second kappa shape index (κ2) is 13.8. The molecule has 0 atom stereocenters. The van der Waals surface area contributed by atoms with Crippen molar-refractivity contribution in [1.82, 2.24) is 0 Å². The van der Waals surface area contributed by atoms with Crippen LogP contribution in [0.4, 0.5) is 0 Å². The molecule has 0 radical (unpaired) electrons. The van der Waals surface area contributed by atoms with Gasteiger partial charge in [0, 0.05) is 0 Å². The summed E-state index contributed by atoms with van der Waals surface area (Å²) in [5, 5.41) is 9.98. The Balaban J connectivity index is 1.22. The first-order chi connectivity index (χ1) is 26.2. The summed E-state index contributed by atoms with van der Waals surface area (Å²) < 4.78 is 0. The Morgan fingerprint density at radius 3 is 1.53 bits per heavy atom. The Hall–Kier alpha value is -6.76. The Labute approximate surface area is 311 Å². The normalized spacial score (nSPS) is 12.0. The van der Waals surface area contributed by atoms with Crippen LogP contribution < -0.4 is 0 Å². The Kier molecular flexibility index (Phi) is 8.35. The zero-order valence-corrected chi connectivity index (χ0v) is 29.8. The number of benzene rings is 9. The van der Waals surface area contributed by atoms with E-state index in [1.54, 1.807) is 0 Å². The molecule has 0 unspecified atom stereocenters. The fourth-order valence-electron chi connectivity index (χ4n) is 8.14. The van der Waals surface area contributed by atoms with Gasteiger partial charge in [0.2, 0.25) is 0 Å². The van der Waals surface area contributed by atoms with Crippen LogP contribution in [0.5, 0.6) is 0 Å². The molecule has 9 aromatic carbocycles. The lowest BCUT2D eigenvalue weighted by Crippen LogP contribution is -1.93. The van der Waals surface area contributed by atoms with Gasteiger partial charge in [-0.05, 0) is 118 Å². The first-order valence-corrected chi connectivity index (χ1v) is 18.3. The average molecular weight is 675 g/mol. The van der Waals surface area contributed by atoms with Gasteiger partial charge in [-0.15, -0.1) is 0 Å². The zero-order chi connectivity index (χ0) is 35.7. The van der Waals surface area contributed by atoms with Gasteiger partial charge in [0.25, 0.3) is 0 Å². The highest BCUT2D eigenvalue weighted by Gasteiger charge is 2.18. The molecule has 0 aliphatic carbocycles. The van der Waals surface area contributed by atoms with Gasteiger partial charge in [-0.1, -0.05) is 195 Å². The van der Waals surface area contributed by atoms with E-state index in [4.69, 9.17) is 0 Å². The number of hydrogen-bond donors (Lipinski definition) is 0. The molecule has 0 aliphatic heterocycles. The van der Waals surface area contributed by atoms with Gasteiger partial charge in [-0.2, -0.15) is 0 Å². The average Bonchev–Trinajstić information content (AvgIpc) is 3.22. The van der Waals surface area contributed by atoms with Crippen molar-refractivity contribution in [2.45, 2.75) is 6.92 Å². The predicted octanol–water partition coefficient (Wildman–Crippen LogP) is 15.1. The van der Waals surface area contributed by atoms with E-state index in [1.807, 2.05) is 6.08 Å². The first kappa shape index (κ1) is 32.2. The molecule has 0 nitrogen and oxygen atoms in total. The fraction of sp³-hybridized carbons (Fsp3) is 0.0189. The van der Waals surface area contributed by atoms with Crippen LogP contribution in [0.15, 0.2) is 207 Å². The highest BCUT2D eigenvalue weighted by atomic mass is 14.2. The minimum atomic E-state index is 1.14. The van der Waals surface area contributed by atoms with Gasteiger partial charge in [-0.25, -0.2) is 0 Å². The van der Waals surface area contributed by atoms with Gasteiger partial charge in [0.05, 0.1) is 0 Å². The van der Waals surface area contributed by atoms with Crippen molar-refractivity contribution in [1.29, 1.82) is 0 Å². The summed E-state index contributed by atoms with van der Waals surface area (Å²) >= 11 is 0. The maximum absolute atomic E-state index is 4.01. The smallest absolute Gasteiger partial charge is 0.00262 e. The van der Waals surface area contributed by atoms with E-state index in [1.165, 1.54) is 93.2 Å². The van der Waals surface area contributed by atoms with Crippen molar-refractivity contribution in [2.75, 3.05) is 0 Å². The molecule has 9 rings (SSSR count). The Morgan fingerprint density at radius 1 is 0.396 bits per heavy atom. The van der Waals surface area contributed by atoms with E-state index in [-0.39, 0.29) is 0 Å². The van der Waals surface area contributed by atoms with Crippen molar-refractivity contribution in [3.05, 3.63) is 212 Å². The van der Waals surface area contributed by atoms with E-state index < -0.39 is 0 Å². The third-order valence-electron chi connectivity index (χ3n) is 10.5. The summed E-state index contributed by atoms with van der Waals surface area (Å²) in [5.74, 6) is 0. The van der Waals surface area contributed by atoms with Crippen LogP contribution in [0.1, 0.15) is 12.5 Å². The summed E-state index contributed by atoms with van der Waals surface area (Å²) in [4.78, 5) is 0. The van der Waals surface area contributed by atoms with Gasteiger partial charge in [-0.3, -0.25) is 0 Å². The van der Waals surface area contributed by atoms with Crippen LogP contribution in [0, 0.1) is 0 Å². The second-order valence-corrected chi connectivity index (χ2v) is 13.6. The largest absolute Gasteiger partial charge is 0.0990 e. The number of hydrogen-bond acceptors (Lipinski definition) is 0. The van der Waals surface area contributed by atoms with E-state index in [0.29, 0.717) is 0 Å². The monoisotopic (exact) mass is 674 g/mol. The highest BCUT2D eigenvalue weighted by molar-refractivity contribution is 6.21. The van der Waals surface area contributed by atoms with Crippen molar-refractivity contribution in [3.63, 3.8) is 0 Å². The van der Waals surface area contributed by atoms with Crippen molar-refractivity contribution < 1.29 is 0 Å². The molecular formula is C53H38. The summed E-state index contributed by atoms with van der Waals surface area (Å²) in [6.45, 7) is 6.07. The summed E-state index contributed by atoms with van der Waals surface area (Å²) in [7, 11) is 0. The topological polar surface area (TPSA) is 0 Å². The lowest BCUT2D eigenvalue weighted by atomic mass is 9.84. The van der Waals surface area contributed by atoms with Gasteiger partial charge < -0.3 is 0 Å². The molecule has 0 saturated heterocycles. The number of allylic oxidation sites excluding steroid dienone is 5. The molecular weight excluding hydrogens is 637 g/mol. The molecule has 0 spiro atoms. The maximum Gasteiger partial charge on any atom is -0.00262 e. The fourth-order valence-corrected chi connectivity index (χ4v) is 8.14. The molecule has 250 valence electrons. The SMILES string of the molecule is C=C/C=C(\C=C/C)c1ccc2ccccc2c1-c1ccc(-c2c3ccccc3c(-c3cccc(-c4ccc5ccccc5c4)c3)c3ccccc23)cc1. The minimum absolute atomic E-state index is 1.14. The molecule has 0 amide bonds. The number of fused-ring (bicyclic) bond motifs is 4. The summed E-state index contributed by atoms with van der Waals surface area (Å²) in [5.41, 5.74) is 12.2. The zero-order valence-electron chi connectivity index (χ0n) is 29.8. The molecule has 9 aromatic rings. The lowest BCUT2D eigenvalue weighted by molar-refractivity contribution is 1.59. The lowest BCUT2D eigenvalue weighted by Gasteiger charge is -2.19. The van der Waals surface area contributed by atoms with Crippen molar-refractivity contribution in [2.24, 2.45) is 0 Å². The highest BCUT2D eigenvalue weighted by Crippen LogP contribution is 2.45. The number of rotatable bonds is 7. The van der Waals surface area contributed by atoms with Crippen LogP contribution in [0.2, 0.25) is 0 Å². The van der Waals surface area contributed by atoms with Crippen LogP contribution in [0.25, 0.3) is 93.2 Å². The predicted molar refractivity (Wildman–Crippen MR) is 231 cm³/mol. The molecule has 0 aliphatic rings. The Bertz CT molecular complexity index is 2840. The van der Waals surface area contributed by atoms with Crippen LogP contribution in [0.3, 0.4) is 0 Å². The standard InChI is InChI=1S/C53H38/c1-3-14-37(15-4-2)46-33-32-38-17-7-8-21-45(38)51(46)39-27-29-40(30-28-39)52-47-22-9-11-24-49(47)53(50-25-12-10-23-48(50)52)44-20-13-19-42(35-44)43-31-26-36-16-5-6-18-41(36)34-43/h3-35H,1H2,2H3/b15-4-,37-14+. The van der Waals surface area contributed by atoms with Crippen molar-refractivity contribution >= 4 is 48.7 Å². The molecule has 0 bridgehead atoms.